The Balaban J connectivity index is 2.00. The number of rotatable bonds is 1. The van der Waals surface area contributed by atoms with Crippen molar-refractivity contribution in [1.29, 1.82) is 0 Å². The van der Waals surface area contributed by atoms with Crippen LogP contribution in [0.1, 0.15) is 74.1 Å². The predicted octanol–water partition coefficient (Wildman–Crippen LogP) is 4.15. The maximum Gasteiger partial charge on any atom is 0.410 e. The van der Waals surface area contributed by atoms with Crippen LogP contribution in [0.4, 0.5) is 4.79 Å². The summed E-state index contributed by atoms with van der Waals surface area (Å²) in [6.45, 7) is 14.7. The van der Waals surface area contributed by atoms with Gasteiger partial charge in [-0.05, 0) is 79.6 Å². The highest BCUT2D eigenvalue weighted by Crippen LogP contribution is 2.54. The molecular formula is C19H33NO4. The van der Waals surface area contributed by atoms with Gasteiger partial charge >= 0.3 is 12.1 Å². The number of nitrogens with zero attached hydrogens (tertiary/aromatic N) is 1. The number of likely N-dealkylation sites (tertiary alicyclic amines) is 1. The summed E-state index contributed by atoms with van der Waals surface area (Å²) < 4.78 is 11.1. The van der Waals surface area contributed by atoms with Crippen molar-refractivity contribution in [2.75, 3.05) is 13.1 Å². The topological polar surface area (TPSA) is 55.8 Å². The third-order valence-corrected chi connectivity index (χ3v) is 4.95. The summed E-state index contributed by atoms with van der Waals surface area (Å²) in [5.74, 6) is -0.109. The first-order chi connectivity index (χ1) is 10.7. The number of amides is 1. The van der Waals surface area contributed by atoms with Crippen molar-refractivity contribution in [1.82, 2.24) is 4.90 Å². The second-order valence-corrected chi connectivity index (χ2v) is 9.89. The monoisotopic (exact) mass is 339 g/mol. The Hall–Kier alpha value is -1.26. The Bertz CT molecular complexity index is 516. The second kappa shape index (κ2) is 5.92. The lowest BCUT2D eigenvalue weighted by molar-refractivity contribution is -0.166. The minimum absolute atomic E-state index is 0.0303. The molecule has 24 heavy (non-hydrogen) atoms. The summed E-state index contributed by atoms with van der Waals surface area (Å²) in [6, 6.07) is 0. The van der Waals surface area contributed by atoms with Gasteiger partial charge in [0.1, 0.15) is 11.2 Å². The van der Waals surface area contributed by atoms with Crippen molar-refractivity contribution in [3.8, 4) is 0 Å². The van der Waals surface area contributed by atoms with Crippen molar-refractivity contribution in [2.24, 2.45) is 10.8 Å². The van der Waals surface area contributed by atoms with Crippen LogP contribution in [0, 0.1) is 10.8 Å². The summed E-state index contributed by atoms with van der Waals surface area (Å²) >= 11 is 0. The van der Waals surface area contributed by atoms with E-state index >= 15 is 0 Å². The SMILES string of the molecule is CC(C)(C)OC(=O)N1CCC2(CCC(C)(C(=O)OC(C)(C)C)C2)C1. The number of carbonyl (C=O) groups excluding carboxylic acids is 2. The molecule has 0 aromatic carbocycles. The van der Waals surface area contributed by atoms with Gasteiger partial charge in [-0.15, -0.1) is 0 Å². The average Bonchev–Trinajstić information content (AvgIpc) is 2.92. The fourth-order valence-electron chi connectivity index (χ4n) is 3.89. The summed E-state index contributed by atoms with van der Waals surface area (Å²) in [5.41, 5.74) is -1.36. The molecule has 5 nitrogen and oxygen atoms in total. The van der Waals surface area contributed by atoms with Crippen molar-refractivity contribution in [3.05, 3.63) is 0 Å². The first-order valence-corrected chi connectivity index (χ1v) is 8.95. The van der Waals surface area contributed by atoms with Gasteiger partial charge in [-0.3, -0.25) is 4.79 Å². The standard InChI is InChI=1S/C19H33NO4/c1-16(2,3)23-14(21)18(7)8-9-19(12-18)10-11-20(13-19)15(22)24-17(4,5)6/h8-13H2,1-7H3. The number of hydrogen-bond donors (Lipinski definition) is 0. The average molecular weight is 339 g/mol. The van der Waals surface area contributed by atoms with E-state index in [-0.39, 0.29) is 17.5 Å². The van der Waals surface area contributed by atoms with Gasteiger partial charge in [-0.25, -0.2) is 4.79 Å². The third-order valence-electron chi connectivity index (χ3n) is 4.95. The molecule has 0 N–H and O–H groups in total. The van der Waals surface area contributed by atoms with Crippen LogP contribution in [0.5, 0.6) is 0 Å². The van der Waals surface area contributed by atoms with Crippen LogP contribution < -0.4 is 0 Å². The summed E-state index contributed by atoms with van der Waals surface area (Å²) in [7, 11) is 0. The lowest BCUT2D eigenvalue weighted by Crippen LogP contribution is -2.38. The number of esters is 1. The highest BCUT2D eigenvalue weighted by atomic mass is 16.6. The molecule has 0 aromatic rings. The molecular weight excluding hydrogens is 306 g/mol. The summed E-state index contributed by atoms with van der Waals surface area (Å²) in [6.07, 6.45) is 3.26. The van der Waals surface area contributed by atoms with E-state index < -0.39 is 16.6 Å². The van der Waals surface area contributed by atoms with E-state index in [2.05, 4.69) is 0 Å². The van der Waals surface area contributed by atoms with Crippen LogP contribution in [-0.2, 0) is 14.3 Å². The second-order valence-electron chi connectivity index (χ2n) is 9.89. The molecule has 0 radical (unpaired) electrons. The van der Waals surface area contributed by atoms with E-state index in [1.54, 1.807) is 4.90 Å². The van der Waals surface area contributed by atoms with Crippen LogP contribution in [-0.4, -0.2) is 41.3 Å². The van der Waals surface area contributed by atoms with Crippen LogP contribution in [0.3, 0.4) is 0 Å². The van der Waals surface area contributed by atoms with E-state index in [9.17, 15) is 9.59 Å². The summed E-state index contributed by atoms with van der Waals surface area (Å²) in [4.78, 5) is 26.7. The molecule has 2 aliphatic rings. The molecule has 2 rings (SSSR count). The molecule has 5 heteroatoms. The molecule has 2 atom stereocenters. The number of ether oxygens (including phenoxy) is 2. The van der Waals surface area contributed by atoms with Crippen LogP contribution in [0.25, 0.3) is 0 Å². The van der Waals surface area contributed by atoms with E-state index in [4.69, 9.17) is 9.47 Å². The Kier molecular flexibility index (Phi) is 4.70. The van der Waals surface area contributed by atoms with E-state index in [0.29, 0.717) is 13.1 Å². The highest BCUT2D eigenvalue weighted by molar-refractivity contribution is 5.77. The minimum atomic E-state index is -0.479. The zero-order valence-corrected chi connectivity index (χ0v) is 16.3. The van der Waals surface area contributed by atoms with Gasteiger partial charge in [0.05, 0.1) is 5.41 Å². The maximum absolute atomic E-state index is 12.6. The Morgan fingerprint density at radius 1 is 0.917 bits per heavy atom. The van der Waals surface area contributed by atoms with Crippen molar-refractivity contribution in [3.63, 3.8) is 0 Å². The van der Waals surface area contributed by atoms with Crippen LogP contribution in [0.15, 0.2) is 0 Å². The molecule has 1 aliphatic heterocycles. The van der Waals surface area contributed by atoms with Gasteiger partial charge < -0.3 is 14.4 Å². The van der Waals surface area contributed by atoms with Gasteiger partial charge in [0.2, 0.25) is 0 Å². The van der Waals surface area contributed by atoms with E-state index in [1.807, 2.05) is 48.5 Å². The lowest BCUT2D eigenvalue weighted by Gasteiger charge is -2.30. The van der Waals surface area contributed by atoms with Gasteiger partial charge in [-0.1, -0.05) is 0 Å². The third kappa shape index (κ3) is 4.42. The molecule has 1 saturated carbocycles. The van der Waals surface area contributed by atoms with Crippen molar-refractivity contribution >= 4 is 12.1 Å². The van der Waals surface area contributed by atoms with Crippen molar-refractivity contribution < 1.29 is 19.1 Å². The van der Waals surface area contributed by atoms with Gasteiger partial charge in [-0.2, -0.15) is 0 Å². The van der Waals surface area contributed by atoms with E-state index in [0.717, 1.165) is 25.7 Å². The first-order valence-electron chi connectivity index (χ1n) is 8.95. The molecule has 1 spiro atoms. The molecule has 0 bridgehead atoms. The smallest absolute Gasteiger partial charge is 0.410 e. The largest absolute Gasteiger partial charge is 0.460 e. The van der Waals surface area contributed by atoms with Crippen LogP contribution >= 0.6 is 0 Å². The van der Waals surface area contributed by atoms with Gasteiger partial charge in [0.15, 0.2) is 0 Å². The molecule has 2 unspecified atom stereocenters. The Labute approximate surface area is 146 Å². The molecule has 2 fully saturated rings. The van der Waals surface area contributed by atoms with Gasteiger partial charge in [0.25, 0.3) is 0 Å². The maximum atomic E-state index is 12.6. The normalized spacial score (nSPS) is 30.7. The Morgan fingerprint density at radius 3 is 2.04 bits per heavy atom. The first kappa shape index (κ1) is 19.1. The van der Waals surface area contributed by atoms with Crippen LogP contribution in [0.2, 0.25) is 0 Å². The zero-order chi connectivity index (χ0) is 18.4. The molecule has 1 saturated heterocycles. The summed E-state index contributed by atoms with van der Waals surface area (Å²) in [5, 5.41) is 0. The van der Waals surface area contributed by atoms with E-state index in [1.165, 1.54) is 0 Å². The fraction of sp³-hybridized carbons (Fsp3) is 0.895. The minimum Gasteiger partial charge on any atom is -0.460 e. The molecule has 1 amide bonds. The predicted molar refractivity (Wildman–Crippen MR) is 92.7 cm³/mol. The Morgan fingerprint density at radius 2 is 1.50 bits per heavy atom. The molecule has 138 valence electrons. The molecule has 1 aliphatic carbocycles. The fourth-order valence-corrected chi connectivity index (χ4v) is 3.89. The number of hydrogen-bond acceptors (Lipinski definition) is 4. The quantitative estimate of drug-likeness (QED) is 0.674. The zero-order valence-electron chi connectivity index (χ0n) is 16.3. The lowest BCUT2D eigenvalue weighted by atomic mass is 9.80. The van der Waals surface area contributed by atoms with Crippen molar-refractivity contribution in [2.45, 2.75) is 85.4 Å². The highest BCUT2D eigenvalue weighted by Gasteiger charge is 2.54. The molecule has 0 aromatic heterocycles. The molecule has 1 heterocycles. The number of carbonyl (C=O) groups is 2. The van der Waals surface area contributed by atoms with Gasteiger partial charge in [0, 0.05) is 13.1 Å².